The highest BCUT2D eigenvalue weighted by molar-refractivity contribution is 5.52. The van der Waals surface area contributed by atoms with Crippen LogP contribution in [0.5, 0.6) is 17.2 Å². The molecule has 3 rings (SSSR count). The lowest BCUT2D eigenvalue weighted by Gasteiger charge is -2.26. The number of alkyl halides is 6. The van der Waals surface area contributed by atoms with Crippen molar-refractivity contribution < 1.29 is 40.2 Å². The molecule has 3 aromatic carbocycles. The van der Waals surface area contributed by atoms with E-state index in [1.165, 1.54) is 41.3 Å². The highest BCUT2D eigenvalue weighted by Crippen LogP contribution is 2.30. The van der Waals surface area contributed by atoms with Crippen molar-refractivity contribution in [3.63, 3.8) is 0 Å². The van der Waals surface area contributed by atoms with Crippen LogP contribution in [-0.4, -0.2) is 19.1 Å². The Hall–Kier alpha value is -3.43. The van der Waals surface area contributed by atoms with Crippen LogP contribution in [0.25, 0.3) is 0 Å². The first-order valence-corrected chi connectivity index (χ1v) is 10.1. The number of benzene rings is 3. The van der Waals surface area contributed by atoms with Gasteiger partial charge in [0, 0.05) is 24.8 Å². The van der Waals surface area contributed by atoms with Crippen LogP contribution in [0.4, 0.5) is 36.4 Å². The maximum atomic E-state index is 13.5. The van der Waals surface area contributed by atoms with E-state index in [0.29, 0.717) is 28.3 Å². The molecule has 182 valence electrons. The predicted molar refractivity (Wildman–Crippen MR) is 113 cm³/mol. The Balaban J connectivity index is 1.85. The van der Waals surface area contributed by atoms with Crippen LogP contribution in [0.1, 0.15) is 17.5 Å². The zero-order valence-corrected chi connectivity index (χ0v) is 17.9. The van der Waals surface area contributed by atoms with Crippen LogP contribution in [0, 0.1) is 12.7 Å². The fourth-order valence-corrected chi connectivity index (χ4v) is 3.18. The topological polar surface area (TPSA) is 21.7 Å². The second-order valence-corrected chi connectivity index (χ2v) is 7.49. The molecule has 0 spiro atoms. The van der Waals surface area contributed by atoms with Gasteiger partial charge in [-0.2, -0.15) is 13.2 Å². The van der Waals surface area contributed by atoms with E-state index in [1.807, 2.05) is 0 Å². The van der Waals surface area contributed by atoms with Crippen LogP contribution in [-0.2, 0) is 6.54 Å². The molecule has 0 aromatic heterocycles. The Kier molecular flexibility index (Phi) is 7.58. The van der Waals surface area contributed by atoms with Crippen LogP contribution < -0.4 is 14.4 Å². The molecule has 0 saturated heterocycles. The third-order valence-corrected chi connectivity index (χ3v) is 4.72. The number of nitrogens with zero attached hydrogens (tertiary/aromatic N) is 1. The maximum Gasteiger partial charge on any atom is 0.573 e. The van der Waals surface area contributed by atoms with E-state index in [4.69, 9.17) is 4.74 Å². The van der Waals surface area contributed by atoms with Crippen molar-refractivity contribution in [3.8, 4) is 17.2 Å². The molecule has 0 amide bonds. The highest BCUT2D eigenvalue weighted by atomic mass is 19.4. The van der Waals surface area contributed by atoms with Crippen molar-refractivity contribution in [2.24, 2.45) is 0 Å². The molecule has 34 heavy (non-hydrogen) atoms. The standard InChI is InChI=1S/C24H20F7NO2/c1-16-12-20(8-9-22(16)25)33-19-6-3-5-18(14-19)32(11-10-23(26,27)28)15-17-4-2-7-21(13-17)34-24(29,30)31/h2-9,12-14H,10-11,15H2,1H3. The van der Waals surface area contributed by atoms with E-state index >= 15 is 0 Å². The van der Waals surface area contributed by atoms with Gasteiger partial charge in [-0.3, -0.25) is 0 Å². The zero-order chi connectivity index (χ0) is 24.9. The molecule has 10 heteroatoms. The molecule has 3 aromatic rings. The second kappa shape index (κ2) is 10.2. The highest BCUT2D eigenvalue weighted by Gasteiger charge is 2.31. The molecular weight excluding hydrogens is 467 g/mol. The van der Waals surface area contributed by atoms with Gasteiger partial charge in [0.2, 0.25) is 0 Å². The average Bonchev–Trinajstić information content (AvgIpc) is 2.72. The number of anilines is 1. The maximum absolute atomic E-state index is 13.5. The third-order valence-electron chi connectivity index (χ3n) is 4.72. The van der Waals surface area contributed by atoms with Crippen molar-refractivity contribution in [3.05, 3.63) is 83.7 Å². The Bertz CT molecular complexity index is 1110. The lowest BCUT2D eigenvalue weighted by molar-refractivity contribution is -0.274. The minimum absolute atomic E-state index is 0.107. The molecule has 0 aliphatic heterocycles. The molecule has 0 N–H and O–H groups in total. The lowest BCUT2D eigenvalue weighted by Crippen LogP contribution is -2.27. The molecule has 0 unspecified atom stereocenters. The fraction of sp³-hybridized carbons (Fsp3) is 0.250. The molecule has 0 atom stereocenters. The zero-order valence-electron chi connectivity index (χ0n) is 17.9. The summed E-state index contributed by atoms with van der Waals surface area (Å²) in [6.45, 7) is 1.02. The van der Waals surface area contributed by atoms with Gasteiger partial charge < -0.3 is 14.4 Å². The summed E-state index contributed by atoms with van der Waals surface area (Å²) in [4.78, 5) is 1.38. The van der Waals surface area contributed by atoms with E-state index in [1.54, 1.807) is 25.1 Å². The monoisotopic (exact) mass is 487 g/mol. The predicted octanol–water partition coefficient (Wildman–Crippen LogP) is 7.78. The molecule has 0 aliphatic rings. The largest absolute Gasteiger partial charge is 0.573 e. The van der Waals surface area contributed by atoms with Crippen molar-refractivity contribution in [2.75, 3.05) is 11.4 Å². The molecule has 0 bridgehead atoms. The van der Waals surface area contributed by atoms with Crippen LogP contribution in [0.2, 0.25) is 0 Å². The van der Waals surface area contributed by atoms with Gasteiger partial charge in [0.25, 0.3) is 0 Å². The summed E-state index contributed by atoms with van der Waals surface area (Å²) < 4.78 is 99.5. The summed E-state index contributed by atoms with van der Waals surface area (Å²) in [7, 11) is 0. The van der Waals surface area contributed by atoms with Gasteiger partial charge in [-0.25, -0.2) is 4.39 Å². The van der Waals surface area contributed by atoms with E-state index in [2.05, 4.69) is 4.74 Å². The number of rotatable bonds is 8. The van der Waals surface area contributed by atoms with Crippen LogP contribution >= 0.6 is 0 Å². The summed E-state index contributed by atoms with van der Waals surface area (Å²) in [6.07, 6.45) is -10.5. The normalized spacial score (nSPS) is 11.9. The van der Waals surface area contributed by atoms with Crippen molar-refractivity contribution >= 4 is 5.69 Å². The molecule has 0 heterocycles. The average molecular weight is 487 g/mol. The first kappa shape index (κ1) is 25.2. The fourth-order valence-electron chi connectivity index (χ4n) is 3.18. The molecule has 0 fully saturated rings. The summed E-state index contributed by atoms with van der Waals surface area (Å²) in [6, 6.07) is 15.4. The number of hydrogen-bond donors (Lipinski definition) is 0. The van der Waals surface area contributed by atoms with E-state index in [-0.39, 0.29) is 6.54 Å². The number of halogens is 7. The van der Waals surface area contributed by atoms with E-state index < -0.39 is 37.1 Å². The smallest absolute Gasteiger partial charge is 0.457 e. The van der Waals surface area contributed by atoms with Crippen LogP contribution in [0.3, 0.4) is 0 Å². The van der Waals surface area contributed by atoms with Crippen LogP contribution in [0.15, 0.2) is 66.7 Å². The van der Waals surface area contributed by atoms with Gasteiger partial charge in [0.15, 0.2) is 0 Å². The minimum atomic E-state index is -4.89. The first-order valence-electron chi connectivity index (χ1n) is 10.1. The number of hydrogen-bond acceptors (Lipinski definition) is 3. The van der Waals surface area contributed by atoms with Gasteiger partial charge in [0.1, 0.15) is 23.1 Å². The number of ether oxygens (including phenoxy) is 2. The Morgan fingerprint density at radius 2 is 1.47 bits per heavy atom. The second-order valence-electron chi connectivity index (χ2n) is 7.49. The number of aryl methyl sites for hydroxylation is 1. The first-order chi connectivity index (χ1) is 15.9. The third kappa shape index (κ3) is 7.86. The Morgan fingerprint density at radius 3 is 2.15 bits per heavy atom. The summed E-state index contributed by atoms with van der Waals surface area (Å²) in [5.41, 5.74) is 1.05. The van der Waals surface area contributed by atoms with E-state index in [9.17, 15) is 30.7 Å². The molecular formula is C24H20F7NO2. The molecule has 3 nitrogen and oxygen atoms in total. The van der Waals surface area contributed by atoms with Gasteiger partial charge >= 0.3 is 12.5 Å². The van der Waals surface area contributed by atoms with Crippen molar-refractivity contribution in [1.29, 1.82) is 0 Å². The van der Waals surface area contributed by atoms with Crippen molar-refractivity contribution in [1.82, 2.24) is 0 Å². The summed E-state index contributed by atoms with van der Waals surface area (Å²) >= 11 is 0. The van der Waals surface area contributed by atoms with E-state index in [0.717, 1.165) is 12.1 Å². The summed E-state index contributed by atoms with van der Waals surface area (Å²) in [5.74, 6) is -0.231. The lowest BCUT2D eigenvalue weighted by atomic mass is 10.1. The molecule has 0 radical (unpaired) electrons. The molecule has 0 saturated carbocycles. The SMILES string of the molecule is Cc1cc(Oc2cccc(N(CCC(F)(F)F)Cc3cccc(OC(F)(F)F)c3)c2)ccc1F. The van der Waals surface area contributed by atoms with Gasteiger partial charge in [0.05, 0.1) is 6.42 Å². The quantitative estimate of drug-likeness (QED) is 0.303. The Morgan fingerprint density at radius 1 is 0.794 bits per heavy atom. The van der Waals surface area contributed by atoms with Gasteiger partial charge in [-0.15, -0.1) is 13.2 Å². The minimum Gasteiger partial charge on any atom is -0.457 e. The molecule has 0 aliphatic carbocycles. The van der Waals surface area contributed by atoms with Gasteiger partial charge in [-0.1, -0.05) is 18.2 Å². The summed E-state index contributed by atoms with van der Waals surface area (Å²) in [5, 5.41) is 0. The van der Waals surface area contributed by atoms with Crippen molar-refractivity contribution in [2.45, 2.75) is 32.4 Å². The van der Waals surface area contributed by atoms with Gasteiger partial charge in [-0.05, 0) is 60.5 Å². The Labute approximate surface area is 191 Å².